The van der Waals surface area contributed by atoms with Crippen molar-refractivity contribution in [1.82, 2.24) is 9.80 Å². The maximum absolute atomic E-state index is 13.0. The van der Waals surface area contributed by atoms with Gasteiger partial charge in [-0.15, -0.1) is 11.3 Å². The van der Waals surface area contributed by atoms with Crippen molar-refractivity contribution < 1.29 is 18.0 Å². The lowest BCUT2D eigenvalue weighted by atomic mass is 9.99. The molecule has 3 heterocycles. The number of nitrogens with zero attached hydrogens (tertiary/aromatic N) is 3. The number of alkyl halides is 3. The number of carbonyl (C=O) groups is 1. The minimum absolute atomic E-state index is 0.286. The van der Waals surface area contributed by atoms with E-state index in [0.29, 0.717) is 11.1 Å². The van der Waals surface area contributed by atoms with Gasteiger partial charge in [-0.05, 0) is 43.9 Å². The molecule has 0 aliphatic carbocycles. The summed E-state index contributed by atoms with van der Waals surface area (Å²) in [4.78, 5) is 19.1. The van der Waals surface area contributed by atoms with E-state index in [0.717, 1.165) is 82.1 Å². The first-order valence-electron chi connectivity index (χ1n) is 11.1. The highest BCUT2D eigenvalue weighted by Gasteiger charge is 2.31. The minimum atomic E-state index is -4.31. The fourth-order valence-corrected chi connectivity index (χ4v) is 5.53. The van der Waals surface area contributed by atoms with Gasteiger partial charge in [0.25, 0.3) is 0 Å². The van der Waals surface area contributed by atoms with Gasteiger partial charge in [0.05, 0.1) is 11.3 Å². The predicted molar refractivity (Wildman–Crippen MR) is 120 cm³/mol. The smallest absolute Gasteiger partial charge is 0.368 e. The molecule has 8 heteroatoms. The number of piperazine rings is 1. The van der Waals surface area contributed by atoms with Gasteiger partial charge in [-0.25, -0.2) is 0 Å². The van der Waals surface area contributed by atoms with E-state index < -0.39 is 11.7 Å². The van der Waals surface area contributed by atoms with Crippen molar-refractivity contribution >= 4 is 33.0 Å². The Kier molecular flexibility index (Phi) is 6.77. The third kappa shape index (κ3) is 5.34. The van der Waals surface area contributed by atoms with Gasteiger partial charge in [0, 0.05) is 61.2 Å². The number of rotatable bonds is 5. The Hall–Kier alpha value is -1.80. The Morgan fingerprint density at radius 1 is 1.10 bits per heavy atom. The lowest BCUT2D eigenvalue weighted by molar-refractivity contribution is -0.137. The lowest BCUT2D eigenvalue weighted by Crippen LogP contribution is -2.46. The van der Waals surface area contributed by atoms with E-state index in [-0.39, 0.29) is 5.91 Å². The van der Waals surface area contributed by atoms with Crippen LogP contribution in [0.15, 0.2) is 23.6 Å². The molecule has 0 radical (unpaired) electrons. The van der Waals surface area contributed by atoms with Gasteiger partial charge in [0.1, 0.15) is 0 Å². The second kappa shape index (κ2) is 9.36. The molecule has 4 nitrogen and oxygen atoms in total. The van der Waals surface area contributed by atoms with E-state index in [1.807, 2.05) is 10.3 Å². The second-order valence-electron chi connectivity index (χ2n) is 8.83. The molecular formula is C23H30F3N3OS. The summed E-state index contributed by atoms with van der Waals surface area (Å²) in [6, 6.07) is 4.03. The number of benzene rings is 1. The molecule has 31 heavy (non-hydrogen) atoms. The number of likely N-dealkylation sites (tertiary alicyclic amines) is 1. The van der Waals surface area contributed by atoms with Crippen LogP contribution in [0.2, 0.25) is 0 Å². The standard InChI is InChI=1S/C23H30F3N3OS/c1-17-6-9-29(10-7-17)22(30)3-2-8-27-11-13-28(14-12-27)20-16-31-21-15-18(23(24,25)26)4-5-19(20)21/h4-5,15-17H,2-3,6-14H2,1H3. The molecule has 170 valence electrons. The van der Waals surface area contributed by atoms with Crippen LogP contribution in [0.1, 0.15) is 38.2 Å². The topological polar surface area (TPSA) is 26.8 Å². The van der Waals surface area contributed by atoms with Gasteiger partial charge in [0.15, 0.2) is 0 Å². The molecule has 1 amide bonds. The number of thiophene rings is 1. The average molecular weight is 454 g/mol. The van der Waals surface area contributed by atoms with E-state index in [1.165, 1.54) is 23.5 Å². The summed E-state index contributed by atoms with van der Waals surface area (Å²) >= 11 is 1.37. The van der Waals surface area contributed by atoms with Crippen LogP contribution in [0.3, 0.4) is 0 Å². The fourth-order valence-electron chi connectivity index (χ4n) is 4.52. The molecule has 4 rings (SSSR count). The molecular weight excluding hydrogens is 423 g/mol. The van der Waals surface area contributed by atoms with Gasteiger partial charge in [-0.1, -0.05) is 13.0 Å². The molecule has 0 bridgehead atoms. The van der Waals surface area contributed by atoms with Gasteiger partial charge in [-0.2, -0.15) is 13.2 Å². The summed E-state index contributed by atoms with van der Waals surface area (Å²) in [6.45, 7) is 8.50. The van der Waals surface area contributed by atoms with E-state index in [4.69, 9.17) is 0 Å². The Labute approximate surface area is 185 Å². The van der Waals surface area contributed by atoms with Crippen molar-refractivity contribution in [3.63, 3.8) is 0 Å². The molecule has 0 spiro atoms. The van der Waals surface area contributed by atoms with Crippen molar-refractivity contribution in [3.05, 3.63) is 29.1 Å². The van der Waals surface area contributed by atoms with Crippen LogP contribution < -0.4 is 4.90 Å². The van der Waals surface area contributed by atoms with Crippen molar-refractivity contribution in [2.24, 2.45) is 5.92 Å². The van der Waals surface area contributed by atoms with Gasteiger partial charge >= 0.3 is 6.18 Å². The molecule has 2 fully saturated rings. The maximum atomic E-state index is 13.0. The highest BCUT2D eigenvalue weighted by Crippen LogP contribution is 2.38. The normalized spacial score (nSPS) is 19.4. The first-order valence-corrected chi connectivity index (χ1v) is 12.0. The molecule has 2 saturated heterocycles. The van der Waals surface area contributed by atoms with E-state index in [2.05, 4.69) is 16.7 Å². The van der Waals surface area contributed by atoms with Crippen molar-refractivity contribution in [2.45, 2.75) is 38.8 Å². The lowest BCUT2D eigenvalue weighted by Gasteiger charge is -2.36. The highest BCUT2D eigenvalue weighted by molar-refractivity contribution is 7.17. The molecule has 1 aromatic carbocycles. The third-order valence-electron chi connectivity index (χ3n) is 6.60. The summed E-state index contributed by atoms with van der Waals surface area (Å²) in [6.07, 6.45) is -0.583. The maximum Gasteiger partial charge on any atom is 0.416 e. The van der Waals surface area contributed by atoms with Crippen molar-refractivity contribution in [3.8, 4) is 0 Å². The SMILES string of the molecule is CC1CCN(C(=O)CCCN2CCN(c3csc4cc(C(F)(F)F)ccc34)CC2)CC1. The monoisotopic (exact) mass is 453 g/mol. The summed E-state index contributed by atoms with van der Waals surface area (Å²) in [5.41, 5.74) is 0.440. The summed E-state index contributed by atoms with van der Waals surface area (Å²) in [7, 11) is 0. The Morgan fingerprint density at radius 3 is 2.48 bits per heavy atom. The van der Waals surface area contributed by atoms with Crippen LogP contribution >= 0.6 is 11.3 Å². The van der Waals surface area contributed by atoms with Gasteiger partial charge in [0.2, 0.25) is 5.91 Å². The van der Waals surface area contributed by atoms with Crippen molar-refractivity contribution in [1.29, 1.82) is 0 Å². The third-order valence-corrected chi connectivity index (χ3v) is 7.53. The molecule has 0 N–H and O–H groups in total. The van der Waals surface area contributed by atoms with Crippen LogP contribution in [-0.4, -0.2) is 61.5 Å². The number of halogens is 3. The van der Waals surface area contributed by atoms with Gasteiger partial charge < -0.3 is 9.80 Å². The molecule has 1 aromatic heterocycles. The Balaban J connectivity index is 1.25. The molecule has 0 unspecified atom stereocenters. The zero-order chi connectivity index (χ0) is 22.0. The molecule has 0 saturated carbocycles. The largest absolute Gasteiger partial charge is 0.416 e. The number of fused-ring (bicyclic) bond motifs is 1. The predicted octanol–water partition coefficient (Wildman–Crippen LogP) is 5.08. The van der Waals surface area contributed by atoms with Crippen LogP contribution in [0.25, 0.3) is 10.1 Å². The Morgan fingerprint density at radius 2 is 1.81 bits per heavy atom. The number of piperidine rings is 1. The molecule has 0 atom stereocenters. The van der Waals surface area contributed by atoms with Crippen LogP contribution in [0.4, 0.5) is 18.9 Å². The summed E-state index contributed by atoms with van der Waals surface area (Å²) in [5, 5.41) is 2.87. The number of amides is 1. The van der Waals surface area contributed by atoms with Crippen LogP contribution in [0, 0.1) is 5.92 Å². The minimum Gasteiger partial charge on any atom is -0.368 e. The molecule has 2 aliphatic heterocycles. The molecule has 2 aromatic rings. The van der Waals surface area contributed by atoms with Crippen LogP contribution in [-0.2, 0) is 11.0 Å². The summed E-state index contributed by atoms with van der Waals surface area (Å²) in [5.74, 6) is 1.01. The highest BCUT2D eigenvalue weighted by atomic mass is 32.1. The number of hydrogen-bond acceptors (Lipinski definition) is 4. The van der Waals surface area contributed by atoms with E-state index >= 15 is 0 Å². The average Bonchev–Trinajstić information content (AvgIpc) is 3.17. The van der Waals surface area contributed by atoms with Gasteiger partial charge in [-0.3, -0.25) is 9.69 Å². The number of hydrogen-bond donors (Lipinski definition) is 0. The Bertz CT molecular complexity index is 897. The van der Waals surface area contributed by atoms with E-state index in [9.17, 15) is 18.0 Å². The zero-order valence-corrected chi connectivity index (χ0v) is 18.8. The first kappa shape index (κ1) is 22.4. The molecule has 2 aliphatic rings. The van der Waals surface area contributed by atoms with Crippen molar-refractivity contribution in [2.75, 3.05) is 50.7 Å². The van der Waals surface area contributed by atoms with Crippen LogP contribution in [0.5, 0.6) is 0 Å². The first-order chi connectivity index (χ1) is 14.8. The number of anilines is 1. The van der Waals surface area contributed by atoms with E-state index in [1.54, 1.807) is 6.07 Å². The fraction of sp³-hybridized carbons (Fsp3) is 0.609. The quantitative estimate of drug-likeness (QED) is 0.632. The second-order valence-corrected chi connectivity index (χ2v) is 9.74. The number of carbonyl (C=O) groups excluding carboxylic acids is 1. The summed E-state index contributed by atoms with van der Waals surface area (Å²) < 4.78 is 39.6. The zero-order valence-electron chi connectivity index (χ0n) is 18.0.